The van der Waals surface area contributed by atoms with Gasteiger partial charge in [0.2, 0.25) is 11.2 Å². The van der Waals surface area contributed by atoms with E-state index in [0.717, 1.165) is 6.42 Å². The van der Waals surface area contributed by atoms with Crippen LogP contribution in [0.15, 0.2) is 60.7 Å². The maximum absolute atomic E-state index is 2.53. The highest BCUT2D eigenvalue weighted by Gasteiger charge is 2.24. The fourth-order valence-corrected chi connectivity index (χ4v) is 4.82. The molecule has 0 bridgehead atoms. The summed E-state index contributed by atoms with van der Waals surface area (Å²) in [6, 6.07) is 22.5. The number of para-hydroxylation sites is 1. The standard InChI is InChI=1S/C29H35N2/c1-8-22-18-28-27(17-16-26(30(28)7)25-13-10-9-12-21(25)6)31(22)29-23(19(2)3)14-11-15-24(29)20(4)5/h9-20H,8H2,1-7H3/q+1. The molecule has 0 aliphatic heterocycles. The smallest absolute Gasteiger partial charge is 0.231 e. The number of benzene rings is 2. The molecule has 0 atom stereocenters. The summed E-state index contributed by atoms with van der Waals surface area (Å²) < 4.78 is 4.89. The molecule has 4 aromatic rings. The zero-order chi connectivity index (χ0) is 22.3. The molecule has 2 heteroatoms. The van der Waals surface area contributed by atoms with E-state index in [1.54, 1.807) is 0 Å². The first-order valence-corrected chi connectivity index (χ1v) is 11.6. The molecule has 0 unspecified atom stereocenters. The summed E-state index contributed by atoms with van der Waals surface area (Å²) in [5.74, 6) is 0.937. The molecule has 2 aromatic carbocycles. The van der Waals surface area contributed by atoms with Crippen LogP contribution in [0.5, 0.6) is 0 Å². The van der Waals surface area contributed by atoms with Crippen LogP contribution in [-0.4, -0.2) is 4.57 Å². The Morgan fingerprint density at radius 1 is 0.839 bits per heavy atom. The van der Waals surface area contributed by atoms with Crippen molar-refractivity contribution in [2.75, 3.05) is 0 Å². The Balaban J connectivity index is 2.06. The van der Waals surface area contributed by atoms with Crippen LogP contribution in [0.4, 0.5) is 0 Å². The van der Waals surface area contributed by atoms with Crippen molar-refractivity contribution < 1.29 is 4.57 Å². The second-order valence-corrected chi connectivity index (χ2v) is 9.28. The summed E-state index contributed by atoms with van der Waals surface area (Å²) in [7, 11) is 2.20. The first-order chi connectivity index (χ1) is 14.8. The van der Waals surface area contributed by atoms with E-state index in [2.05, 4.69) is 118 Å². The van der Waals surface area contributed by atoms with Gasteiger partial charge in [-0.2, -0.15) is 4.57 Å². The average molecular weight is 412 g/mol. The van der Waals surface area contributed by atoms with Crippen molar-refractivity contribution in [3.63, 3.8) is 0 Å². The number of fused-ring (bicyclic) bond motifs is 1. The van der Waals surface area contributed by atoms with E-state index in [4.69, 9.17) is 0 Å². The molecule has 4 rings (SSSR count). The molecular formula is C29H35N2+. The summed E-state index contributed by atoms with van der Waals surface area (Å²) in [6.45, 7) is 13.7. The molecular weight excluding hydrogens is 376 g/mol. The van der Waals surface area contributed by atoms with Gasteiger partial charge in [0, 0.05) is 23.4 Å². The number of aromatic nitrogens is 2. The molecule has 0 saturated heterocycles. The fourth-order valence-electron chi connectivity index (χ4n) is 4.82. The summed E-state index contributed by atoms with van der Waals surface area (Å²) in [4.78, 5) is 0. The Morgan fingerprint density at radius 3 is 2.06 bits per heavy atom. The van der Waals surface area contributed by atoms with Gasteiger partial charge in [0.25, 0.3) is 0 Å². The number of rotatable bonds is 5. The third-order valence-electron chi connectivity index (χ3n) is 6.56. The molecule has 0 fully saturated rings. The van der Waals surface area contributed by atoms with E-state index in [0.29, 0.717) is 11.8 Å². The van der Waals surface area contributed by atoms with Gasteiger partial charge in [-0.05, 0) is 54.0 Å². The molecule has 0 radical (unpaired) electrons. The zero-order valence-electron chi connectivity index (χ0n) is 20.0. The highest BCUT2D eigenvalue weighted by atomic mass is 15.0. The van der Waals surface area contributed by atoms with Crippen molar-refractivity contribution >= 4 is 11.0 Å². The highest BCUT2D eigenvalue weighted by molar-refractivity contribution is 5.80. The Kier molecular flexibility index (Phi) is 5.75. The zero-order valence-corrected chi connectivity index (χ0v) is 20.0. The molecule has 0 spiro atoms. The third-order valence-corrected chi connectivity index (χ3v) is 6.56. The predicted octanol–water partition coefficient (Wildman–Crippen LogP) is 7.24. The molecule has 2 heterocycles. The number of aryl methyl sites for hydroxylation is 3. The summed E-state index contributed by atoms with van der Waals surface area (Å²) in [5, 5.41) is 0. The lowest BCUT2D eigenvalue weighted by Gasteiger charge is -2.22. The summed E-state index contributed by atoms with van der Waals surface area (Å²) >= 11 is 0. The minimum Gasteiger partial charge on any atom is -0.308 e. The summed E-state index contributed by atoms with van der Waals surface area (Å²) in [6.07, 6.45) is 0.998. The van der Waals surface area contributed by atoms with Crippen LogP contribution in [0.25, 0.3) is 28.0 Å². The van der Waals surface area contributed by atoms with Gasteiger partial charge >= 0.3 is 0 Å². The molecule has 0 amide bonds. The molecule has 0 aliphatic carbocycles. The van der Waals surface area contributed by atoms with Gasteiger partial charge in [-0.3, -0.25) is 0 Å². The van der Waals surface area contributed by atoms with E-state index >= 15 is 0 Å². The van der Waals surface area contributed by atoms with E-state index in [1.807, 2.05) is 0 Å². The van der Waals surface area contributed by atoms with Crippen molar-refractivity contribution in [1.29, 1.82) is 0 Å². The van der Waals surface area contributed by atoms with Gasteiger partial charge < -0.3 is 4.57 Å². The lowest BCUT2D eigenvalue weighted by molar-refractivity contribution is -0.633. The number of hydrogen-bond acceptors (Lipinski definition) is 0. The molecule has 0 saturated carbocycles. The first-order valence-electron chi connectivity index (χ1n) is 11.6. The molecule has 31 heavy (non-hydrogen) atoms. The second-order valence-electron chi connectivity index (χ2n) is 9.28. The minimum absolute atomic E-state index is 0.468. The molecule has 2 nitrogen and oxygen atoms in total. The first kappa shape index (κ1) is 21.4. The van der Waals surface area contributed by atoms with Gasteiger partial charge in [-0.1, -0.05) is 71.0 Å². The van der Waals surface area contributed by atoms with Crippen LogP contribution >= 0.6 is 0 Å². The lowest BCUT2D eigenvalue weighted by atomic mass is 9.92. The SMILES string of the molecule is CCc1cc2c(ccc(-c3ccccc3C)[n+]2C)n1-c1c(C(C)C)cccc1C(C)C. The van der Waals surface area contributed by atoms with Gasteiger partial charge in [0.15, 0.2) is 0 Å². The topological polar surface area (TPSA) is 8.81 Å². The van der Waals surface area contributed by atoms with Gasteiger partial charge in [-0.15, -0.1) is 0 Å². The quantitative estimate of drug-likeness (QED) is 0.306. The van der Waals surface area contributed by atoms with Crippen molar-refractivity contribution in [1.82, 2.24) is 4.57 Å². The van der Waals surface area contributed by atoms with E-state index in [-0.39, 0.29) is 0 Å². The van der Waals surface area contributed by atoms with E-state index < -0.39 is 0 Å². The monoisotopic (exact) mass is 411 g/mol. The average Bonchev–Trinajstić information content (AvgIpc) is 3.13. The Hall–Kier alpha value is -2.87. The third kappa shape index (κ3) is 3.59. The van der Waals surface area contributed by atoms with Crippen LogP contribution in [-0.2, 0) is 13.5 Å². The van der Waals surface area contributed by atoms with Crippen molar-refractivity contribution in [3.8, 4) is 16.9 Å². The van der Waals surface area contributed by atoms with Crippen molar-refractivity contribution in [2.45, 2.75) is 59.8 Å². The second kappa shape index (κ2) is 8.34. The van der Waals surface area contributed by atoms with Crippen LogP contribution in [0.3, 0.4) is 0 Å². The van der Waals surface area contributed by atoms with E-state index in [9.17, 15) is 0 Å². The van der Waals surface area contributed by atoms with E-state index in [1.165, 1.54) is 50.4 Å². The molecule has 0 aliphatic rings. The maximum atomic E-state index is 2.53. The van der Waals surface area contributed by atoms with Crippen molar-refractivity contribution in [3.05, 3.63) is 83.0 Å². The minimum atomic E-state index is 0.468. The number of pyridine rings is 1. The maximum Gasteiger partial charge on any atom is 0.231 e. The molecule has 160 valence electrons. The normalized spacial score (nSPS) is 11.8. The Bertz CT molecular complexity index is 1220. The number of nitrogens with zero attached hydrogens (tertiary/aromatic N) is 2. The highest BCUT2D eigenvalue weighted by Crippen LogP contribution is 2.35. The van der Waals surface area contributed by atoms with Gasteiger partial charge in [0.05, 0.1) is 5.69 Å². The fraction of sp³-hybridized carbons (Fsp3) is 0.345. The predicted molar refractivity (Wildman–Crippen MR) is 132 cm³/mol. The summed E-state index contributed by atoms with van der Waals surface area (Å²) in [5.41, 5.74) is 12.0. The van der Waals surface area contributed by atoms with Crippen molar-refractivity contribution in [2.24, 2.45) is 7.05 Å². The van der Waals surface area contributed by atoms with Gasteiger partial charge in [-0.25, -0.2) is 0 Å². The van der Waals surface area contributed by atoms with Crippen LogP contribution < -0.4 is 4.57 Å². The Morgan fingerprint density at radius 2 is 1.48 bits per heavy atom. The molecule has 0 N–H and O–H groups in total. The van der Waals surface area contributed by atoms with Gasteiger partial charge in [0.1, 0.15) is 12.6 Å². The number of hydrogen-bond donors (Lipinski definition) is 0. The largest absolute Gasteiger partial charge is 0.308 e. The molecule has 2 aromatic heterocycles. The van der Waals surface area contributed by atoms with Crippen LogP contribution in [0.1, 0.15) is 68.8 Å². The Labute approximate surface area is 187 Å². The van der Waals surface area contributed by atoms with Crippen LogP contribution in [0.2, 0.25) is 0 Å². The van der Waals surface area contributed by atoms with Crippen LogP contribution in [0, 0.1) is 6.92 Å². The lowest BCUT2D eigenvalue weighted by Crippen LogP contribution is -2.31.